The first kappa shape index (κ1) is 12.9. The van der Waals surface area contributed by atoms with Crippen molar-refractivity contribution in [2.24, 2.45) is 5.73 Å². The van der Waals surface area contributed by atoms with Crippen molar-refractivity contribution in [1.29, 1.82) is 0 Å². The molecular formula is C11H23NO3. The van der Waals surface area contributed by atoms with Crippen LogP contribution in [0.5, 0.6) is 0 Å². The predicted molar refractivity (Wildman–Crippen MR) is 58.9 cm³/mol. The van der Waals surface area contributed by atoms with Crippen molar-refractivity contribution < 1.29 is 14.2 Å². The Morgan fingerprint density at radius 3 is 2.67 bits per heavy atom. The third-order valence-electron chi connectivity index (χ3n) is 2.75. The average molecular weight is 217 g/mol. The van der Waals surface area contributed by atoms with Crippen LogP contribution < -0.4 is 5.73 Å². The fourth-order valence-electron chi connectivity index (χ4n) is 1.93. The van der Waals surface area contributed by atoms with Gasteiger partial charge >= 0.3 is 0 Å². The van der Waals surface area contributed by atoms with Crippen LogP contribution in [0.3, 0.4) is 0 Å². The molecule has 90 valence electrons. The second-order valence-electron chi connectivity index (χ2n) is 3.92. The molecular weight excluding hydrogens is 194 g/mol. The molecule has 2 N–H and O–H groups in total. The highest BCUT2D eigenvalue weighted by atomic mass is 16.5. The molecule has 4 nitrogen and oxygen atoms in total. The Balaban J connectivity index is 2.00. The van der Waals surface area contributed by atoms with Crippen LogP contribution in [0.1, 0.15) is 25.7 Å². The Morgan fingerprint density at radius 1 is 1.13 bits per heavy atom. The lowest BCUT2D eigenvalue weighted by atomic mass is 9.95. The summed E-state index contributed by atoms with van der Waals surface area (Å²) in [5.41, 5.74) is 5.31. The summed E-state index contributed by atoms with van der Waals surface area (Å²) in [4.78, 5) is 0. The van der Waals surface area contributed by atoms with Crippen molar-refractivity contribution >= 4 is 0 Å². The Morgan fingerprint density at radius 2 is 1.93 bits per heavy atom. The van der Waals surface area contributed by atoms with Crippen LogP contribution in [-0.2, 0) is 14.2 Å². The third-order valence-corrected chi connectivity index (χ3v) is 2.75. The zero-order valence-electron chi connectivity index (χ0n) is 9.61. The van der Waals surface area contributed by atoms with Gasteiger partial charge in [0.25, 0.3) is 0 Å². The molecule has 15 heavy (non-hydrogen) atoms. The molecule has 1 aliphatic rings. The van der Waals surface area contributed by atoms with Gasteiger partial charge in [0, 0.05) is 13.7 Å². The minimum Gasteiger partial charge on any atom is -0.381 e. The van der Waals surface area contributed by atoms with Crippen LogP contribution in [0.2, 0.25) is 0 Å². The topological polar surface area (TPSA) is 53.7 Å². The Kier molecular flexibility index (Phi) is 6.92. The van der Waals surface area contributed by atoms with E-state index >= 15 is 0 Å². The Labute approximate surface area is 92.1 Å². The van der Waals surface area contributed by atoms with Crippen LogP contribution in [0.25, 0.3) is 0 Å². The fraction of sp³-hybridized carbons (Fsp3) is 1.00. The van der Waals surface area contributed by atoms with Gasteiger partial charge in [-0.3, -0.25) is 0 Å². The minimum atomic E-state index is 0.352. The van der Waals surface area contributed by atoms with Crippen LogP contribution in [-0.4, -0.2) is 45.7 Å². The smallest absolute Gasteiger partial charge is 0.0704 e. The highest BCUT2D eigenvalue weighted by molar-refractivity contribution is 4.73. The number of nitrogens with two attached hydrogens (primary N) is 1. The van der Waals surface area contributed by atoms with E-state index in [9.17, 15) is 0 Å². The molecule has 2 unspecified atom stereocenters. The van der Waals surface area contributed by atoms with E-state index in [0.29, 0.717) is 38.6 Å². The number of rotatable bonds is 7. The summed E-state index contributed by atoms with van der Waals surface area (Å²) in [7, 11) is 1.78. The molecule has 0 radical (unpaired) electrons. The number of hydrogen-bond donors (Lipinski definition) is 1. The molecule has 4 heteroatoms. The molecule has 0 spiro atoms. The maximum atomic E-state index is 5.72. The van der Waals surface area contributed by atoms with Gasteiger partial charge in [0.05, 0.1) is 32.0 Å². The molecule has 0 amide bonds. The van der Waals surface area contributed by atoms with Gasteiger partial charge in [0.15, 0.2) is 0 Å². The third kappa shape index (κ3) is 5.47. The van der Waals surface area contributed by atoms with E-state index in [1.807, 2.05) is 0 Å². The molecule has 2 atom stereocenters. The SMILES string of the molecule is COC1CCCC(OCCOCCN)C1. The van der Waals surface area contributed by atoms with Crippen LogP contribution >= 0.6 is 0 Å². The first-order valence-corrected chi connectivity index (χ1v) is 5.79. The first-order chi connectivity index (χ1) is 7.36. The summed E-state index contributed by atoms with van der Waals surface area (Å²) in [5.74, 6) is 0. The monoisotopic (exact) mass is 217 g/mol. The molecule has 0 aromatic rings. The summed E-state index contributed by atoms with van der Waals surface area (Å²) in [6.07, 6.45) is 5.27. The molecule has 0 bridgehead atoms. The van der Waals surface area contributed by atoms with Crippen LogP contribution in [0.4, 0.5) is 0 Å². The summed E-state index contributed by atoms with van der Waals surface area (Å²) in [6, 6.07) is 0. The maximum Gasteiger partial charge on any atom is 0.0704 e. The second-order valence-corrected chi connectivity index (χ2v) is 3.92. The van der Waals surface area contributed by atoms with Gasteiger partial charge in [-0.2, -0.15) is 0 Å². The van der Waals surface area contributed by atoms with Crippen molar-refractivity contribution in [2.75, 3.05) is 33.5 Å². The van der Waals surface area contributed by atoms with E-state index in [0.717, 1.165) is 12.8 Å². The Hall–Kier alpha value is -0.160. The van der Waals surface area contributed by atoms with Gasteiger partial charge < -0.3 is 19.9 Å². The van der Waals surface area contributed by atoms with Crippen LogP contribution in [0.15, 0.2) is 0 Å². The highest BCUT2D eigenvalue weighted by Crippen LogP contribution is 2.22. The fourth-order valence-corrected chi connectivity index (χ4v) is 1.93. The molecule has 0 aromatic carbocycles. The maximum absolute atomic E-state index is 5.72. The molecule has 0 aliphatic heterocycles. The average Bonchev–Trinajstić information content (AvgIpc) is 2.29. The van der Waals surface area contributed by atoms with E-state index in [-0.39, 0.29) is 0 Å². The largest absolute Gasteiger partial charge is 0.381 e. The van der Waals surface area contributed by atoms with E-state index < -0.39 is 0 Å². The van der Waals surface area contributed by atoms with Crippen molar-refractivity contribution in [2.45, 2.75) is 37.9 Å². The molecule has 1 rings (SSSR count). The van der Waals surface area contributed by atoms with E-state index in [4.69, 9.17) is 19.9 Å². The van der Waals surface area contributed by atoms with Gasteiger partial charge in [0.2, 0.25) is 0 Å². The highest BCUT2D eigenvalue weighted by Gasteiger charge is 2.21. The Bertz CT molecular complexity index is 155. The van der Waals surface area contributed by atoms with Gasteiger partial charge in [-0.1, -0.05) is 0 Å². The molecule has 1 aliphatic carbocycles. The molecule has 1 fully saturated rings. The summed E-state index contributed by atoms with van der Waals surface area (Å²) in [5, 5.41) is 0. The lowest BCUT2D eigenvalue weighted by molar-refractivity contribution is -0.0460. The predicted octanol–water partition coefficient (Wildman–Crippen LogP) is 0.936. The molecule has 1 saturated carbocycles. The van der Waals surface area contributed by atoms with E-state index in [1.54, 1.807) is 7.11 Å². The molecule has 0 saturated heterocycles. The van der Waals surface area contributed by atoms with Crippen molar-refractivity contribution in [3.63, 3.8) is 0 Å². The van der Waals surface area contributed by atoms with E-state index in [1.165, 1.54) is 12.8 Å². The quantitative estimate of drug-likeness (QED) is 0.645. The number of ether oxygens (including phenoxy) is 3. The summed E-state index contributed by atoms with van der Waals surface area (Å²) >= 11 is 0. The van der Waals surface area contributed by atoms with Crippen molar-refractivity contribution in [3.05, 3.63) is 0 Å². The zero-order chi connectivity index (χ0) is 10.9. The van der Waals surface area contributed by atoms with Crippen LogP contribution in [0, 0.1) is 0 Å². The normalized spacial score (nSPS) is 26.8. The van der Waals surface area contributed by atoms with E-state index in [2.05, 4.69) is 0 Å². The van der Waals surface area contributed by atoms with Crippen molar-refractivity contribution in [3.8, 4) is 0 Å². The lowest BCUT2D eigenvalue weighted by Crippen LogP contribution is -2.28. The molecule has 0 aromatic heterocycles. The van der Waals surface area contributed by atoms with Gasteiger partial charge in [-0.15, -0.1) is 0 Å². The van der Waals surface area contributed by atoms with Crippen molar-refractivity contribution in [1.82, 2.24) is 0 Å². The number of hydrogen-bond acceptors (Lipinski definition) is 4. The summed E-state index contributed by atoms with van der Waals surface area (Å²) < 4.78 is 16.3. The second kappa shape index (κ2) is 8.05. The first-order valence-electron chi connectivity index (χ1n) is 5.79. The lowest BCUT2D eigenvalue weighted by Gasteiger charge is -2.28. The molecule has 0 heterocycles. The minimum absolute atomic E-state index is 0.352. The summed E-state index contributed by atoms with van der Waals surface area (Å²) in [6.45, 7) is 2.51. The standard InChI is InChI=1S/C11H23NO3/c1-13-10-3-2-4-11(9-10)15-8-7-14-6-5-12/h10-11H,2-9,12H2,1H3. The van der Waals surface area contributed by atoms with Gasteiger partial charge in [-0.25, -0.2) is 0 Å². The zero-order valence-corrected chi connectivity index (χ0v) is 9.61. The number of methoxy groups -OCH3 is 1. The van der Waals surface area contributed by atoms with Gasteiger partial charge in [-0.05, 0) is 25.7 Å². The van der Waals surface area contributed by atoms with Gasteiger partial charge in [0.1, 0.15) is 0 Å².